The fourth-order valence-electron chi connectivity index (χ4n) is 2.95. The molecular formula is C17H16FNO. The number of hydrogen-bond acceptors (Lipinski definition) is 2. The first-order chi connectivity index (χ1) is 9.78. The van der Waals surface area contributed by atoms with Gasteiger partial charge in [0.2, 0.25) is 0 Å². The molecule has 0 fully saturated rings. The zero-order chi connectivity index (χ0) is 13.9. The zero-order valence-corrected chi connectivity index (χ0v) is 11.1. The highest BCUT2D eigenvalue weighted by molar-refractivity contribution is 6.02. The molecule has 102 valence electrons. The van der Waals surface area contributed by atoms with Crippen molar-refractivity contribution in [1.29, 1.82) is 0 Å². The summed E-state index contributed by atoms with van der Waals surface area (Å²) in [5, 5.41) is 12.4. The topological polar surface area (TPSA) is 32.6 Å². The first kappa shape index (κ1) is 12.9. The van der Waals surface area contributed by atoms with E-state index in [4.69, 9.17) is 5.21 Å². The predicted molar refractivity (Wildman–Crippen MR) is 76.8 cm³/mol. The van der Waals surface area contributed by atoms with E-state index in [-0.39, 0.29) is 11.7 Å². The van der Waals surface area contributed by atoms with Crippen LogP contribution >= 0.6 is 0 Å². The molecule has 0 saturated heterocycles. The Hall–Kier alpha value is -2.16. The molecule has 0 saturated carbocycles. The molecule has 1 unspecified atom stereocenters. The molecule has 0 aliphatic heterocycles. The maximum Gasteiger partial charge on any atom is 0.123 e. The number of hydrogen-bond donors (Lipinski definition) is 1. The van der Waals surface area contributed by atoms with Gasteiger partial charge in [0.15, 0.2) is 0 Å². The lowest BCUT2D eigenvalue weighted by atomic mass is 9.78. The van der Waals surface area contributed by atoms with Crippen molar-refractivity contribution in [2.75, 3.05) is 0 Å². The lowest BCUT2D eigenvalue weighted by Crippen LogP contribution is -2.18. The first-order valence-electron chi connectivity index (χ1n) is 6.82. The Kier molecular flexibility index (Phi) is 3.50. The van der Waals surface area contributed by atoms with E-state index < -0.39 is 0 Å². The molecule has 0 bridgehead atoms. The summed E-state index contributed by atoms with van der Waals surface area (Å²) in [5.74, 6) is 0.0367. The van der Waals surface area contributed by atoms with Crippen LogP contribution in [-0.2, 0) is 6.42 Å². The molecule has 0 amide bonds. The molecule has 1 N–H and O–H groups in total. The molecule has 1 aliphatic rings. The van der Waals surface area contributed by atoms with E-state index in [1.165, 1.54) is 11.6 Å². The third-order valence-electron chi connectivity index (χ3n) is 3.94. The van der Waals surface area contributed by atoms with E-state index in [2.05, 4.69) is 17.3 Å². The Bertz CT molecular complexity index is 637. The van der Waals surface area contributed by atoms with Gasteiger partial charge in [-0.2, -0.15) is 0 Å². The van der Waals surface area contributed by atoms with Crippen LogP contribution in [0.2, 0.25) is 0 Å². The highest BCUT2D eigenvalue weighted by Gasteiger charge is 2.25. The summed E-state index contributed by atoms with van der Waals surface area (Å²) in [6.07, 6.45) is 2.49. The van der Waals surface area contributed by atoms with Gasteiger partial charge in [0.25, 0.3) is 0 Å². The van der Waals surface area contributed by atoms with Crippen LogP contribution in [0.1, 0.15) is 35.4 Å². The van der Waals surface area contributed by atoms with Gasteiger partial charge >= 0.3 is 0 Å². The minimum atomic E-state index is -0.235. The molecule has 0 aromatic heterocycles. The predicted octanol–water partition coefficient (Wildman–Crippen LogP) is 4.12. The van der Waals surface area contributed by atoms with E-state index in [1.54, 1.807) is 12.1 Å². The van der Waals surface area contributed by atoms with Crippen molar-refractivity contribution in [2.45, 2.75) is 25.2 Å². The fourth-order valence-corrected chi connectivity index (χ4v) is 2.95. The quantitative estimate of drug-likeness (QED) is 0.645. The fraction of sp³-hybridized carbons (Fsp3) is 0.235. The van der Waals surface area contributed by atoms with Crippen LogP contribution in [0, 0.1) is 5.82 Å². The summed E-state index contributed by atoms with van der Waals surface area (Å²) in [5.41, 5.74) is 3.73. The summed E-state index contributed by atoms with van der Waals surface area (Å²) >= 11 is 0. The normalized spacial score (nSPS) is 19.9. The molecule has 2 nitrogen and oxygen atoms in total. The van der Waals surface area contributed by atoms with Gasteiger partial charge in [0, 0.05) is 5.56 Å². The van der Waals surface area contributed by atoms with Crippen molar-refractivity contribution in [3.05, 3.63) is 71.0 Å². The van der Waals surface area contributed by atoms with Crippen LogP contribution in [0.15, 0.2) is 53.7 Å². The Morgan fingerprint density at radius 1 is 1.15 bits per heavy atom. The van der Waals surface area contributed by atoms with Crippen molar-refractivity contribution in [3.8, 4) is 0 Å². The first-order valence-corrected chi connectivity index (χ1v) is 6.82. The Balaban J connectivity index is 1.96. The van der Waals surface area contributed by atoms with Gasteiger partial charge in [-0.25, -0.2) is 4.39 Å². The largest absolute Gasteiger partial charge is 0.411 e. The molecule has 3 heteroatoms. The second kappa shape index (κ2) is 5.45. The number of rotatable bonds is 2. The average Bonchev–Trinajstić information content (AvgIpc) is 2.49. The van der Waals surface area contributed by atoms with Crippen molar-refractivity contribution < 1.29 is 9.60 Å². The van der Waals surface area contributed by atoms with Gasteiger partial charge < -0.3 is 5.21 Å². The molecule has 0 spiro atoms. The standard InChI is InChI=1S/C17H16FNO/c18-14-7-8-15-16(11-14)13(6-9-17(15)19-20)10-12-4-2-1-3-5-12/h1-5,7-8,11,13,20H,6,9-10H2/b19-17-. The Morgan fingerprint density at radius 3 is 2.70 bits per heavy atom. The number of halogens is 1. The SMILES string of the molecule is O/N=C1/CCC(Cc2ccccc2)c2cc(F)ccc21. The van der Waals surface area contributed by atoms with Gasteiger partial charge in [0.1, 0.15) is 5.82 Å². The van der Waals surface area contributed by atoms with Crippen LogP contribution < -0.4 is 0 Å². The zero-order valence-electron chi connectivity index (χ0n) is 11.1. The van der Waals surface area contributed by atoms with Gasteiger partial charge in [-0.3, -0.25) is 0 Å². The number of oxime groups is 1. The van der Waals surface area contributed by atoms with Crippen molar-refractivity contribution >= 4 is 5.71 Å². The second-order valence-corrected chi connectivity index (χ2v) is 5.20. The van der Waals surface area contributed by atoms with Crippen molar-refractivity contribution in [2.24, 2.45) is 5.16 Å². The lowest BCUT2D eigenvalue weighted by Gasteiger charge is -2.26. The minimum absolute atomic E-state index is 0.235. The molecule has 2 aromatic rings. The van der Waals surface area contributed by atoms with E-state index in [9.17, 15) is 4.39 Å². The van der Waals surface area contributed by atoms with Crippen LogP contribution in [0.4, 0.5) is 4.39 Å². The lowest BCUT2D eigenvalue weighted by molar-refractivity contribution is 0.317. The third kappa shape index (κ3) is 2.44. The Morgan fingerprint density at radius 2 is 1.95 bits per heavy atom. The summed E-state index contributed by atoms with van der Waals surface area (Å²) in [6.45, 7) is 0. The summed E-state index contributed by atoms with van der Waals surface area (Å²) in [4.78, 5) is 0. The maximum absolute atomic E-state index is 13.5. The van der Waals surface area contributed by atoms with E-state index in [0.717, 1.165) is 30.4 Å². The molecule has 0 radical (unpaired) electrons. The van der Waals surface area contributed by atoms with Gasteiger partial charge in [-0.05, 0) is 54.5 Å². The van der Waals surface area contributed by atoms with Crippen molar-refractivity contribution in [1.82, 2.24) is 0 Å². The van der Waals surface area contributed by atoms with Gasteiger partial charge in [-0.15, -0.1) is 0 Å². The van der Waals surface area contributed by atoms with E-state index in [0.29, 0.717) is 5.71 Å². The Labute approximate surface area is 117 Å². The monoisotopic (exact) mass is 269 g/mol. The molecule has 20 heavy (non-hydrogen) atoms. The molecule has 2 aromatic carbocycles. The maximum atomic E-state index is 13.5. The van der Waals surface area contributed by atoms with Crippen molar-refractivity contribution in [3.63, 3.8) is 0 Å². The summed E-state index contributed by atoms with van der Waals surface area (Å²) < 4.78 is 13.5. The highest BCUT2D eigenvalue weighted by atomic mass is 19.1. The molecule has 1 aliphatic carbocycles. The van der Waals surface area contributed by atoms with Crippen LogP contribution in [0.5, 0.6) is 0 Å². The molecule has 1 atom stereocenters. The highest BCUT2D eigenvalue weighted by Crippen LogP contribution is 2.34. The second-order valence-electron chi connectivity index (χ2n) is 5.20. The van der Waals surface area contributed by atoms with Gasteiger partial charge in [0.05, 0.1) is 5.71 Å². The average molecular weight is 269 g/mol. The van der Waals surface area contributed by atoms with Crippen LogP contribution in [0.3, 0.4) is 0 Å². The molecule has 0 heterocycles. The molecular weight excluding hydrogens is 253 g/mol. The van der Waals surface area contributed by atoms with Crippen LogP contribution in [0.25, 0.3) is 0 Å². The van der Waals surface area contributed by atoms with Gasteiger partial charge in [-0.1, -0.05) is 35.5 Å². The smallest absolute Gasteiger partial charge is 0.123 e. The summed E-state index contributed by atoms with van der Waals surface area (Å²) in [6, 6.07) is 14.9. The van der Waals surface area contributed by atoms with E-state index >= 15 is 0 Å². The number of fused-ring (bicyclic) bond motifs is 1. The third-order valence-corrected chi connectivity index (χ3v) is 3.94. The van der Waals surface area contributed by atoms with Crippen LogP contribution in [-0.4, -0.2) is 10.9 Å². The number of nitrogens with zero attached hydrogens (tertiary/aromatic N) is 1. The molecule has 3 rings (SSSR count). The summed E-state index contributed by atoms with van der Waals surface area (Å²) in [7, 11) is 0. The van der Waals surface area contributed by atoms with E-state index in [1.807, 2.05) is 18.2 Å². The minimum Gasteiger partial charge on any atom is -0.411 e. The number of benzene rings is 2.